The monoisotopic (exact) mass is 1250 g/mol. The second kappa shape index (κ2) is 23.0. The summed E-state index contributed by atoms with van der Waals surface area (Å²) in [5.41, 5.74) is 21.2. The van der Waals surface area contributed by atoms with Crippen LogP contribution in [0.2, 0.25) is 19.6 Å². The molecule has 0 saturated heterocycles. The Balaban J connectivity index is 0.000000214. The zero-order valence-corrected chi connectivity index (χ0v) is 51.0. The molecule has 0 atom stereocenters. The van der Waals surface area contributed by atoms with Gasteiger partial charge in [-0.3, -0.25) is 9.97 Å². The predicted molar refractivity (Wildman–Crippen MR) is 337 cm³/mol. The van der Waals surface area contributed by atoms with Gasteiger partial charge in [-0.15, -0.1) is 53.6 Å². The molecule has 0 aliphatic carbocycles. The van der Waals surface area contributed by atoms with Crippen LogP contribution in [-0.4, -0.2) is 27.6 Å². The summed E-state index contributed by atoms with van der Waals surface area (Å²) in [5, 5.41) is 1.93. The van der Waals surface area contributed by atoms with Gasteiger partial charge in [0, 0.05) is 51.7 Å². The zero-order chi connectivity index (χ0) is 59.6. The standard InChI is InChI=1S/C47H45N2OSi.C26H27N2.Ir/c1-30(2)40-27-36(35-23-21-34(22-24-35)33-14-9-8-10-15-33)28-41(31(3)4)45(40)49-43-19-12-11-18-42(43)48-47(49)39-17-13-16-38-37-25-20-32(29-51(5,6)7)26-44(37)50-46(38)39;1-16(2)20-8-6-9-21(17(3)4)24(20)22-10-7-11-23-25(22)28-26(27-23)19-14-12-18(5)13-15-19;/h8-16,18-28,30-31H,29H2,1-7H3;6-14,16-17H,1-5H3,(H,27,28);/q2*-1;/i29D2;5D3;. The Morgan fingerprint density at radius 2 is 1.23 bits per heavy atom. The van der Waals surface area contributed by atoms with E-state index >= 15 is 0 Å². The minimum absolute atomic E-state index is 0. The van der Waals surface area contributed by atoms with E-state index in [2.05, 4.69) is 206 Å². The van der Waals surface area contributed by atoms with Crippen LogP contribution in [0.5, 0.6) is 0 Å². The Morgan fingerprint density at radius 1 is 0.600 bits per heavy atom. The van der Waals surface area contributed by atoms with Crippen molar-refractivity contribution in [3.8, 4) is 61.8 Å². The molecule has 12 aromatic rings. The van der Waals surface area contributed by atoms with Gasteiger partial charge in [0.05, 0.1) is 39.3 Å². The minimum atomic E-state index is -2.18. The van der Waals surface area contributed by atoms with Crippen molar-refractivity contribution < 1.29 is 31.4 Å². The van der Waals surface area contributed by atoms with E-state index < -0.39 is 20.9 Å². The largest absolute Gasteiger partial charge is 0.501 e. The van der Waals surface area contributed by atoms with Crippen molar-refractivity contribution in [2.45, 2.75) is 112 Å². The molecule has 1 N–H and O–H groups in total. The predicted octanol–water partition coefficient (Wildman–Crippen LogP) is 20.6. The van der Waals surface area contributed by atoms with Crippen molar-refractivity contribution in [3.63, 3.8) is 0 Å². The number of nitrogens with one attached hydrogen (secondary N) is 1. The number of aryl methyl sites for hydroxylation is 1. The summed E-state index contributed by atoms with van der Waals surface area (Å²) in [6.07, 6.45) is 0. The normalized spacial score (nSPS) is 13.2. The average Bonchev–Trinajstić information content (AvgIpc) is 2.57. The van der Waals surface area contributed by atoms with Gasteiger partial charge in [0.2, 0.25) is 0 Å². The van der Waals surface area contributed by atoms with Crippen LogP contribution in [0.3, 0.4) is 0 Å². The maximum absolute atomic E-state index is 8.98. The van der Waals surface area contributed by atoms with Crippen LogP contribution >= 0.6 is 0 Å². The average molecular weight is 1250 g/mol. The van der Waals surface area contributed by atoms with Crippen molar-refractivity contribution >= 4 is 52.1 Å². The Hall–Kier alpha value is -7.41. The molecule has 0 aliphatic heterocycles. The van der Waals surface area contributed by atoms with Crippen LogP contribution in [-0.2, 0) is 26.1 Å². The molecule has 3 heterocycles. The van der Waals surface area contributed by atoms with Crippen LogP contribution in [0, 0.1) is 19.0 Å². The fourth-order valence-electron chi connectivity index (χ4n) is 11.1. The van der Waals surface area contributed by atoms with E-state index in [9.17, 15) is 0 Å². The van der Waals surface area contributed by atoms with E-state index in [1.165, 1.54) is 56.1 Å². The van der Waals surface area contributed by atoms with Gasteiger partial charge in [-0.05, 0) is 122 Å². The van der Waals surface area contributed by atoms with E-state index in [4.69, 9.17) is 21.2 Å². The summed E-state index contributed by atoms with van der Waals surface area (Å²) in [5.74, 6) is 1.31. The van der Waals surface area contributed by atoms with Crippen LogP contribution in [0.4, 0.5) is 0 Å². The molecule has 0 aliphatic rings. The maximum Gasteiger partial charge on any atom is 0.121 e. The summed E-state index contributed by atoms with van der Waals surface area (Å²) in [6.45, 7) is 22.1. The number of rotatable bonds is 12. The van der Waals surface area contributed by atoms with Crippen molar-refractivity contribution in [2.75, 3.05) is 0 Å². The van der Waals surface area contributed by atoms with E-state index in [-0.39, 0.29) is 37.5 Å². The third kappa shape index (κ3) is 11.1. The van der Waals surface area contributed by atoms with Crippen molar-refractivity contribution in [1.82, 2.24) is 19.5 Å². The summed E-state index contributed by atoms with van der Waals surface area (Å²) in [4.78, 5) is 13.6. The number of benzene rings is 9. The second-order valence-corrected chi connectivity index (χ2v) is 27.9. The molecule has 1 radical (unpaired) electrons. The number of H-pyrrole nitrogens is 1. The first-order chi connectivity index (χ1) is 40.0. The van der Waals surface area contributed by atoms with Crippen molar-refractivity contribution in [3.05, 3.63) is 221 Å². The molecule has 405 valence electrons. The molecule has 5 nitrogen and oxygen atoms in total. The van der Waals surface area contributed by atoms with Gasteiger partial charge in [-0.2, -0.15) is 0 Å². The summed E-state index contributed by atoms with van der Waals surface area (Å²) < 4.78 is 49.7. The fraction of sp³-hybridized carbons (Fsp3) is 0.233. The molecule has 0 unspecified atom stereocenters. The van der Waals surface area contributed by atoms with Gasteiger partial charge >= 0.3 is 0 Å². The first-order valence-corrected chi connectivity index (χ1v) is 31.3. The fourth-order valence-corrected chi connectivity index (χ4v) is 12.1. The third-order valence-electron chi connectivity index (χ3n) is 14.9. The molecule has 0 bridgehead atoms. The van der Waals surface area contributed by atoms with Crippen LogP contribution in [0.25, 0.3) is 106 Å². The number of nitrogens with zero attached hydrogens (tertiary/aromatic N) is 3. The van der Waals surface area contributed by atoms with E-state index in [1.807, 2.05) is 48.5 Å². The summed E-state index contributed by atoms with van der Waals surface area (Å²) in [7, 11) is -2.18. The van der Waals surface area contributed by atoms with Crippen molar-refractivity contribution in [2.24, 2.45) is 0 Å². The van der Waals surface area contributed by atoms with Gasteiger partial charge in [-0.1, -0.05) is 202 Å². The second-order valence-electron chi connectivity index (χ2n) is 23.2. The molecule has 9 aromatic carbocycles. The smallest absolute Gasteiger partial charge is 0.121 e. The Bertz CT molecular complexity index is 4320. The quantitative estimate of drug-likeness (QED) is 0.0979. The van der Waals surface area contributed by atoms with Crippen LogP contribution in [0.15, 0.2) is 180 Å². The molecule has 80 heavy (non-hydrogen) atoms. The molecular weight excluding hydrogens is 1170 g/mol. The molecule has 0 saturated carbocycles. The number of hydrogen-bond acceptors (Lipinski definition) is 3. The van der Waals surface area contributed by atoms with Gasteiger partial charge < -0.3 is 14.0 Å². The minimum Gasteiger partial charge on any atom is -0.501 e. The van der Waals surface area contributed by atoms with Crippen molar-refractivity contribution in [1.29, 1.82) is 0 Å². The number of para-hydroxylation sites is 3. The Labute approximate surface area is 495 Å². The molecule has 0 spiro atoms. The molecule has 12 rings (SSSR count). The van der Waals surface area contributed by atoms with Crippen LogP contribution < -0.4 is 0 Å². The van der Waals surface area contributed by atoms with Crippen LogP contribution in [0.1, 0.15) is 119 Å². The Morgan fingerprint density at radius 3 is 1.86 bits per heavy atom. The summed E-state index contributed by atoms with van der Waals surface area (Å²) in [6, 6.07) is 66.7. The topological polar surface area (TPSA) is 59.6 Å². The summed E-state index contributed by atoms with van der Waals surface area (Å²) >= 11 is 0. The number of furan rings is 1. The number of imidazole rings is 2. The first kappa shape index (κ1) is 49.6. The maximum atomic E-state index is 8.98. The van der Waals surface area contributed by atoms with Gasteiger partial charge in [0.1, 0.15) is 5.58 Å². The van der Waals surface area contributed by atoms with Gasteiger partial charge in [0.25, 0.3) is 0 Å². The number of fused-ring (bicyclic) bond motifs is 5. The third-order valence-corrected chi connectivity index (χ3v) is 16.0. The van der Waals surface area contributed by atoms with Gasteiger partial charge in [0.15, 0.2) is 0 Å². The number of aromatic amines is 1. The van der Waals surface area contributed by atoms with E-state index in [0.29, 0.717) is 34.4 Å². The molecule has 0 fully saturated rings. The van der Waals surface area contributed by atoms with Gasteiger partial charge in [-0.25, -0.2) is 0 Å². The SMILES string of the molecule is [2H]C([2H])([2H])c1c[c-]c(-c2nc3cccc(-c4c(C(C)C)cccc4C(C)C)c3[nH]2)cc1.[2H]C([2H])(c1ccc2c(c1)oc1c(-c3nc4ccccc4n3-c3c(C(C)C)cc(-c4ccc(-c5ccccc5)cc4)cc3C(C)C)[c-]ccc12)[Si](C)(C)C.[Ir]. The van der Waals surface area contributed by atoms with E-state index in [1.54, 1.807) is 12.1 Å². The number of aromatic nitrogens is 4. The molecular formula is C73H72IrN4OSi-2. The zero-order valence-electron chi connectivity index (χ0n) is 52.6. The number of hydrogen-bond donors (Lipinski definition) is 1. The molecule has 7 heteroatoms. The van der Waals surface area contributed by atoms with E-state index in [0.717, 1.165) is 61.0 Å². The first-order valence-electron chi connectivity index (χ1n) is 30.3. The molecule has 0 amide bonds. The Kier molecular flexibility index (Phi) is 14.3. The molecule has 3 aromatic heterocycles.